The van der Waals surface area contributed by atoms with Crippen molar-refractivity contribution >= 4 is 33.5 Å². The van der Waals surface area contributed by atoms with Crippen LogP contribution in [-0.2, 0) is 6.42 Å². The Morgan fingerprint density at radius 2 is 2.10 bits per heavy atom. The zero-order chi connectivity index (χ0) is 14.3. The number of hydrogen-bond donors (Lipinski definition) is 2. The lowest BCUT2D eigenvalue weighted by atomic mass is 10.1. The minimum atomic E-state index is -0.953. The molecule has 0 bridgehead atoms. The molecule has 0 radical (unpaired) electrons. The molecule has 20 heavy (non-hydrogen) atoms. The monoisotopic (exact) mass is 334 g/mol. The van der Waals surface area contributed by atoms with E-state index >= 15 is 0 Å². The number of carboxylic acid groups (broad SMARTS) is 1. The van der Waals surface area contributed by atoms with Crippen LogP contribution in [-0.4, -0.2) is 28.5 Å². The van der Waals surface area contributed by atoms with Crippen LogP contribution in [0.25, 0.3) is 0 Å². The molecule has 2 heterocycles. The second kappa shape index (κ2) is 4.79. The molecule has 0 aliphatic carbocycles. The van der Waals surface area contributed by atoms with E-state index in [9.17, 15) is 9.59 Å². The van der Waals surface area contributed by atoms with Crippen LogP contribution in [0.2, 0.25) is 0 Å². The first-order valence-corrected chi connectivity index (χ1v) is 6.87. The van der Waals surface area contributed by atoms with Crippen LogP contribution in [0.15, 0.2) is 34.9 Å². The predicted molar refractivity (Wildman–Crippen MR) is 77.3 cm³/mol. The number of anilines is 1. The number of hydrogen-bond acceptors (Lipinski definition) is 2. The fraction of sp³-hybridized carbons (Fsp3) is 0.143. The van der Waals surface area contributed by atoms with Gasteiger partial charge in [0.15, 0.2) is 0 Å². The van der Waals surface area contributed by atoms with Crippen LogP contribution in [0.4, 0.5) is 5.69 Å². The molecule has 102 valence electrons. The van der Waals surface area contributed by atoms with Crippen molar-refractivity contribution in [1.82, 2.24) is 4.98 Å². The topological polar surface area (TPSA) is 73.4 Å². The largest absolute Gasteiger partial charge is 0.478 e. The van der Waals surface area contributed by atoms with Gasteiger partial charge in [0.1, 0.15) is 5.69 Å². The van der Waals surface area contributed by atoms with Crippen LogP contribution in [0, 0.1) is 0 Å². The average molecular weight is 335 g/mol. The van der Waals surface area contributed by atoms with Gasteiger partial charge in [-0.15, -0.1) is 0 Å². The van der Waals surface area contributed by atoms with E-state index in [4.69, 9.17) is 5.11 Å². The molecule has 1 aliphatic rings. The zero-order valence-electron chi connectivity index (χ0n) is 10.4. The second-order valence-electron chi connectivity index (χ2n) is 4.59. The molecule has 0 unspecified atom stereocenters. The van der Waals surface area contributed by atoms with Gasteiger partial charge in [0.25, 0.3) is 5.91 Å². The lowest BCUT2D eigenvalue weighted by Gasteiger charge is -2.16. The smallest absolute Gasteiger partial charge is 0.335 e. The molecule has 1 aromatic heterocycles. The minimum Gasteiger partial charge on any atom is -0.478 e. The predicted octanol–water partition coefficient (Wildman–Crippen LogP) is 2.68. The maximum atomic E-state index is 12.4. The number of nitrogens with one attached hydrogen (secondary N) is 1. The fourth-order valence-electron chi connectivity index (χ4n) is 2.38. The lowest BCUT2D eigenvalue weighted by molar-refractivity contribution is 0.0696. The van der Waals surface area contributed by atoms with Crippen LogP contribution in [0.1, 0.15) is 26.4 Å². The van der Waals surface area contributed by atoms with Crippen molar-refractivity contribution in [2.45, 2.75) is 6.42 Å². The lowest BCUT2D eigenvalue weighted by Crippen LogP contribution is -2.29. The normalized spacial score (nSPS) is 13.3. The van der Waals surface area contributed by atoms with E-state index in [-0.39, 0.29) is 11.5 Å². The molecule has 3 rings (SSSR count). The van der Waals surface area contributed by atoms with Gasteiger partial charge < -0.3 is 15.0 Å². The van der Waals surface area contributed by atoms with Gasteiger partial charge in [-0.1, -0.05) is 0 Å². The van der Waals surface area contributed by atoms with E-state index in [1.54, 1.807) is 29.3 Å². The Morgan fingerprint density at radius 1 is 1.30 bits per heavy atom. The summed E-state index contributed by atoms with van der Waals surface area (Å²) >= 11 is 3.30. The van der Waals surface area contributed by atoms with Crippen LogP contribution >= 0.6 is 15.9 Å². The SMILES string of the molecule is O=C(O)c1ccc2c(c1)CCN2C(=O)c1cc(Br)c[nH]1. The summed E-state index contributed by atoms with van der Waals surface area (Å²) in [5, 5.41) is 8.98. The molecule has 0 saturated carbocycles. The van der Waals surface area contributed by atoms with E-state index in [2.05, 4.69) is 20.9 Å². The number of carbonyl (C=O) groups is 2. The van der Waals surface area contributed by atoms with Gasteiger partial charge in [-0.3, -0.25) is 4.79 Å². The van der Waals surface area contributed by atoms with Gasteiger partial charge in [0.2, 0.25) is 0 Å². The van der Waals surface area contributed by atoms with Crippen LogP contribution in [0.5, 0.6) is 0 Å². The van der Waals surface area contributed by atoms with Gasteiger partial charge in [0.05, 0.1) is 5.56 Å². The van der Waals surface area contributed by atoms with Crippen LogP contribution in [0.3, 0.4) is 0 Å². The molecule has 6 heteroatoms. The highest BCUT2D eigenvalue weighted by atomic mass is 79.9. The van der Waals surface area contributed by atoms with E-state index in [1.165, 1.54) is 6.07 Å². The van der Waals surface area contributed by atoms with E-state index in [0.29, 0.717) is 18.7 Å². The number of nitrogens with zero attached hydrogens (tertiary/aromatic N) is 1. The summed E-state index contributed by atoms with van der Waals surface area (Å²) in [5.41, 5.74) is 2.43. The van der Waals surface area contributed by atoms with Crippen LogP contribution < -0.4 is 4.90 Å². The highest BCUT2D eigenvalue weighted by molar-refractivity contribution is 9.10. The second-order valence-corrected chi connectivity index (χ2v) is 5.50. The summed E-state index contributed by atoms with van der Waals surface area (Å²) in [4.78, 5) is 27.9. The van der Waals surface area contributed by atoms with Gasteiger partial charge in [-0.2, -0.15) is 0 Å². The zero-order valence-corrected chi connectivity index (χ0v) is 12.0. The number of aromatic amines is 1. The summed E-state index contributed by atoms with van der Waals surface area (Å²) in [6.07, 6.45) is 2.38. The summed E-state index contributed by atoms with van der Waals surface area (Å²) in [6, 6.07) is 6.58. The molecule has 0 spiro atoms. The van der Waals surface area contributed by atoms with E-state index in [0.717, 1.165) is 15.7 Å². The molecule has 0 fully saturated rings. The van der Waals surface area contributed by atoms with Crippen molar-refractivity contribution in [2.24, 2.45) is 0 Å². The van der Waals surface area contributed by atoms with Gasteiger partial charge >= 0.3 is 5.97 Å². The Hall–Kier alpha value is -2.08. The summed E-state index contributed by atoms with van der Waals surface area (Å²) < 4.78 is 0.821. The Morgan fingerprint density at radius 3 is 2.75 bits per heavy atom. The first-order valence-electron chi connectivity index (χ1n) is 6.08. The highest BCUT2D eigenvalue weighted by Crippen LogP contribution is 2.30. The van der Waals surface area contributed by atoms with E-state index < -0.39 is 5.97 Å². The number of aromatic nitrogens is 1. The first kappa shape index (κ1) is 12.9. The van der Waals surface area contributed by atoms with Crippen molar-refractivity contribution in [3.8, 4) is 0 Å². The maximum Gasteiger partial charge on any atom is 0.335 e. The standard InChI is InChI=1S/C14H11BrN2O3/c15-10-6-11(16-7-10)13(18)17-4-3-8-5-9(14(19)20)1-2-12(8)17/h1-2,5-7,16H,3-4H2,(H,19,20). The Labute approximate surface area is 123 Å². The third-order valence-electron chi connectivity index (χ3n) is 3.35. The molecule has 5 nitrogen and oxygen atoms in total. The summed E-state index contributed by atoms with van der Waals surface area (Å²) in [5.74, 6) is -1.07. The van der Waals surface area contributed by atoms with Crippen molar-refractivity contribution in [1.29, 1.82) is 0 Å². The average Bonchev–Trinajstić information content (AvgIpc) is 3.03. The summed E-state index contributed by atoms with van der Waals surface area (Å²) in [6.45, 7) is 0.563. The van der Waals surface area contributed by atoms with Gasteiger partial charge in [0, 0.05) is 22.9 Å². The number of halogens is 1. The number of benzene rings is 1. The van der Waals surface area contributed by atoms with Crippen molar-refractivity contribution < 1.29 is 14.7 Å². The molecule has 1 amide bonds. The molecule has 2 aromatic rings. The van der Waals surface area contributed by atoms with Crippen molar-refractivity contribution in [3.63, 3.8) is 0 Å². The number of fused-ring (bicyclic) bond motifs is 1. The van der Waals surface area contributed by atoms with Crippen molar-refractivity contribution in [2.75, 3.05) is 11.4 Å². The quantitative estimate of drug-likeness (QED) is 0.886. The minimum absolute atomic E-state index is 0.113. The van der Waals surface area contributed by atoms with Gasteiger partial charge in [-0.25, -0.2) is 4.79 Å². The Kier molecular flexibility index (Phi) is 3.10. The molecule has 0 atom stereocenters. The number of aromatic carboxylic acids is 1. The van der Waals surface area contributed by atoms with Gasteiger partial charge in [-0.05, 0) is 52.2 Å². The number of H-pyrrole nitrogens is 1. The third-order valence-corrected chi connectivity index (χ3v) is 3.80. The molecule has 0 saturated heterocycles. The van der Waals surface area contributed by atoms with Crippen molar-refractivity contribution in [3.05, 3.63) is 51.8 Å². The number of carbonyl (C=O) groups excluding carboxylic acids is 1. The molecular weight excluding hydrogens is 324 g/mol. The maximum absolute atomic E-state index is 12.4. The third kappa shape index (κ3) is 2.12. The highest BCUT2D eigenvalue weighted by Gasteiger charge is 2.27. The number of amides is 1. The fourth-order valence-corrected chi connectivity index (χ4v) is 2.73. The first-order chi connectivity index (χ1) is 9.56. The molecule has 2 N–H and O–H groups in total. The molecule has 1 aromatic carbocycles. The summed E-state index contributed by atoms with van der Waals surface area (Å²) in [7, 11) is 0. The Bertz CT molecular complexity index is 708. The number of carboxylic acids is 1. The van der Waals surface area contributed by atoms with E-state index in [1.807, 2.05) is 0 Å². The number of rotatable bonds is 2. The molecular formula is C14H11BrN2O3. The Balaban J connectivity index is 1.93. The molecule has 1 aliphatic heterocycles.